The third-order valence-electron chi connectivity index (χ3n) is 6.14. The van der Waals surface area contributed by atoms with Gasteiger partial charge in [-0.3, -0.25) is 9.69 Å². The molecule has 2 aliphatic heterocycles. The topological polar surface area (TPSA) is 85.7 Å². The molecule has 178 valence electrons. The molecule has 2 heterocycles. The monoisotopic (exact) mass is 482 g/mol. The number of amides is 2. The normalized spacial score (nSPS) is 19.4. The van der Waals surface area contributed by atoms with Crippen LogP contribution >= 0.6 is 11.8 Å². The fourth-order valence-corrected chi connectivity index (χ4v) is 5.46. The fourth-order valence-electron chi connectivity index (χ4n) is 4.33. The van der Waals surface area contributed by atoms with Gasteiger partial charge in [-0.1, -0.05) is 18.2 Å². The molecule has 2 aliphatic rings. The largest absolute Gasteiger partial charge is 0.442 e. The van der Waals surface area contributed by atoms with Gasteiger partial charge in [-0.25, -0.2) is 9.18 Å². The molecule has 2 saturated heterocycles. The molecule has 2 aromatic carbocycles. The quantitative estimate of drug-likeness (QED) is 0.596. The van der Waals surface area contributed by atoms with Gasteiger partial charge >= 0.3 is 6.09 Å². The van der Waals surface area contributed by atoms with Crippen LogP contribution in [0.15, 0.2) is 53.4 Å². The third-order valence-corrected chi connectivity index (χ3v) is 7.43. The molecular weight excluding hydrogens is 455 g/mol. The molecule has 0 bridgehead atoms. The van der Waals surface area contributed by atoms with Crippen molar-refractivity contribution >= 4 is 35.1 Å². The van der Waals surface area contributed by atoms with Gasteiger partial charge in [-0.2, -0.15) is 5.26 Å². The Morgan fingerprint density at radius 1 is 1.26 bits per heavy atom. The van der Waals surface area contributed by atoms with E-state index >= 15 is 4.39 Å². The minimum Gasteiger partial charge on any atom is -0.442 e. The minimum atomic E-state index is -0.554. The number of carbonyl (C=O) groups excluding carboxylic acids is 2. The van der Waals surface area contributed by atoms with E-state index in [1.807, 2.05) is 35.2 Å². The van der Waals surface area contributed by atoms with Gasteiger partial charge in [-0.05, 0) is 49.1 Å². The van der Waals surface area contributed by atoms with Crippen molar-refractivity contribution in [2.24, 2.45) is 5.92 Å². The van der Waals surface area contributed by atoms with Crippen molar-refractivity contribution in [3.05, 3.63) is 54.3 Å². The predicted octanol–water partition coefficient (Wildman–Crippen LogP) is 4.19. The number of ether oxygens (including phenoxy) is 1. The number of nitriles is 1. The number of thioether (sulfide) groups is 1. The summed E-state index contributed by atoms with van der Waals surface area (Å²) in [4.78, 5) is 27.8. The first-order chi connectivity index (χ1) is 16.4. The van der Waals surface area contributed by atoms with Crippen molar-refractivity contribution < 1.29 is 18.7 Å². The maximum atomic E-state index is 15.0. The van der Waals surface area contributed by atoms with Gasteiger partial charge in [-0.15, -0.1) is 11.8 Å². The summed E-state index contributed by atoms with van der Waals surface area (Å²) in [5.41, 5.74) is 0.920. The van der Waals surface area contributed by atoms with E-state index in [0.717, 1.165) is 17.7 Å². The van der Waals surface area contributed by atoms with Gasteiger partial charge < -0.3 is 15.0 Å². The first kappa shape index (κ1) is 23.9. The first-order valence-corrected chi connectivity index (χ1v) is 12.2. The zero-order valence-electron chi connectivity index (χ0n) is 18.9. The number of cyclic esters (lactones) is 1. The Bertz CT molecular complexity index is 1070. The van der Waals surface area contributed by atoms with Crippen LogP contribution in [0, 0.1) is 23.1 Å². The number of carbonyl (C=O) groups is 2. The van der Waals surface area contributed by atoms with E-state index in [-0.39, 0.29) is 30.2 Å². The molecule has 4 rings (SSSR count). The van der Waals surface area contributed by atoms with Gasteiger partial charge in [0.05, 0.1) is 35.8 Å². The molecule has 0 spiro atoms. The van der Waals surface area contributed by atoms with Gasteiger partial charge in [0.1, 0.15) is 11.9 Å². The second kappa shape index (κ2) is 10.8. The van der Waals surface area contributed by atoms with Crippen LogP contribution in [0.4, 0.5) is 20.6 Å². The van der Waals surface area contributed by atoms with E-state index in [1.165, 1.54) is 17.9 Å². The van der Waals surface area contributed by atoms with Crippen LogP contribution in [0.5, 0.6) is 0 Å². The molecule has 0 radical (unpaired) electrons. The Hall–Kier alpha value is -3.25. The second-order valence-corrected chi connectivity index (χ2v) is 9.71. The van der Waals surface area contributed by atoms with Crippen LogP contribution in [-0.4, -0.2) is 49.5 Å². The summed E-state index contributed by atoms with van der Waals surface area (Å²) in [6, 6.07) is 17.1. The number of benzene rings is 2. The van der Waals surface area contributed by atoms with Crippen molar-refractivity contribution in [2.45, 2.75) is 36.0 Å². The number of anilines is 2. The summed E-state index contributed by atoms with van der Waals surface area (Å²) >= 11 is 1.59. The fraction of sp³-hybridized carbons (Fsp3) is 0.400. The van der Waals surface area contributed by atoms with Crippen LogP contribution in [-0.2, 0) is 9.53 Å². The van der Waals surface area contributed by atoms with Crippen LogP contribution in [0.1, 0.15) is 19.8 Å². The third kappa shape index (κ3) is 5.62. The number of hydrogen-bond acceptors (Lipinski definition) is 6. The van der Waals surface area contributed by atoms with E-state index in [2.05, 4.69) is 11.4 Å². The second-order valence-electron chi connectivity index (χ2n) is 8.49. The predicted molar refractivity (Wildman–Crippen MR) is 129 cm³/mol. The summed E-state index contributed by atoms with van der Waals surface area (Å²) in [7, 11) is 0. The van der Waals surface area contributed by atoms with Crippen LogP contribution in [0.2, 0.25) is 0 Å². The first-order valence-electron chi connectivity index (χ1n) is 11.3. The molecule has 1 N–H and O–H groups in total. The Morgan fingerprint density at radius 3 is 2.65 bits per heavy atom. The number of nitrogens with one attached hydrogen (secondary N) is 1. The van der Waals surface area contributed by atoms with Gasteiger partial charge in [0.25, 0.3) is 0 Å². The number of halogens is 1. The maximum Gasteiger partial charge on any atom is 0.414 e. The lowest BCUT2D eigenvalue weighted by Crippen LogP contribution is -2.37. The lowest BCUT2D eigenvalue weighted by molar-refractivity contribution is -0.119. The summed E-state index contributed by atoms with van der Waals surface area (Å²) in [5, 5.41) is 12.2. The molecule has 0 saturated carbocycles. The smallest absolute Gasteiger partial charge is 0.414 e. The number of nitrogens with zero attached hydrogens (tertiary/aromatic N) is 3. The van der Waals surface area contributed by atoms with Crippen molar-refractivity contribution in [2.75, 3.05) is 36.0 Å². The zero-order chi connectivity index (χ0) is 24.1. The van der Waals surface area contributed by atoms with E-state index in [4.69, 9.17) is 4.74 Å². The van der Waals surface area contributed by atoms with Crippen molar-refractivity contribution in [1.29, 1.82) is 5.26 Å². The Balaban J connectivity index is 1.35. The maximum absolute atomic E-state index is 15.0. The average Bonchev–Trinajstić information content (AvgIpc) is 3.22. The SMILES string of the molecule is CC(=O)NC[C@H]1CN(c2ccc(N3CCC(C(C#N)Sc4ccccc4)CC3)c(F)c2)C(=O)O1. The molecule has 7 nitrogen and oxygen atoms in total. The van der Waals surface area contributed by atoms with Crippen molar-refractivity contribution in [3.8, 4) is 6.07 Å². The lowest BCUT2D eigenvalue weighted by atomic mass is 9.93. The van der Waals surface area contributed by atoms with Crippen molar-refractivity contribution in [1.82, 2.24) is 5.32 Å². The molecule has 1 unspecified atom stereocenters. The van der Waals surface area contributed by atoms with Gasteiger partial charge in [0.2, 0.25) is 5.91 Å². The van der Waals surface area contributed by atoms with Crippen LogP contribution < -0.4 is 15.1 Å². The lowest BCUT2D eigenvalue weighted by Gasteiger charge is -2.35. The van der Waals surface area contributed by atoms with E-state index in [9.17, 15) is 14.9 Å². The summed E-state index contributed by atoms with van der Waals surface area (Å²) in [6.07, 6.45) is 0.590. The standard InChI is InChI=1S/C25H27FN4O3S/c1-17(31)28-15-20-16-30(25(32)33-20)19-7-8-23(22(26)13-19)29-11-9-18(10-12-29)24(14-27)34-21-5-3-2-4-6-21/h2-8,13,18,20,24H,9-12,15-16H2,1H3,(H,28,31)/t20-,24?/m0/s1. The number of hydrogen-bond donors (Lipinski definition) is 1. The Kier molecular flexibility index (Phi) is 7.58. The van der Waals surface area contributed by atoms with E-state index in [0.29, 0.717) is 24.5 Å². The molecule has 2 aromatic rings. The highest BCUT2D eigenvalue weighted by Crippen LogP contribution is 2.35. The summed E-state index contributed by atoms with van der Waals surface area (Å²) in [6.45, 7) is 3.20. The van der Waals surface area contributed by atoms with Crippen LogP contribution in [0.25, 0.3) is 0 Å². The molecule has 0 aliphatic carbocycles. The minimum absolute atomic E-state index is 0.136. The number of piperidine rings is 1. The van der Waals surface area contributed by atoms with Crippen molar-refractivity contribution in [3.63, 3.8) is 0 Å². The molecule has 2 atom stereocenters. The van der Waals surface area contributed by atoms with Crippen LogP contribution in [0.3, 0.4) is 0 Å². The highest BCUT2D eigenvalue weighted by molar-refractivity contribution is 8.00. The highest BCUT2D eigenvalue weighted by Gasteiger charge is 2.33. The summed E-state index contributed by atoms with van der Waals surface area (Å²) < 4.78 is 20.3. The average molecular weight is 483 g/mol. The van der Waals surface area contributed by atoms with Gasteiger partial charge in [0.15, 0.2) is 0 Å². The Labute approximate surface area is 202 Å². The van der Waals surface area contributed by atoms with E-state index in [1.54, 1.807) is 23.9 Å². The van der Waals surface area contributed by atoms with Gasteiger partial charge in [0, 0.05) is 24.9 Å². The highest BCUT2D eigenvalue weighted by atomic mass is 32.2. The molecule has 2 amide bonds. The molecule has 2 fully saturated rings. The molecule has 34 heavy (non-hydrogen) atoms. The Morgan fingerprint density at radius 2 is 2.00 bits per heavy atom. The summed E-state index contributed by atoms with van der Waals surface area (Å²) in [5.74, 6) is -0.355. The molecule has 0 aromatic heterocycles. The molecule has 9 heteroatoms. The molecular formula is C25H27FN4O3S. The zero-order valence-corrected chi connectivity index (χ0v) is 19.8. The van der Waals surface area contributed by atoms with E-state index < -0.39 is 18.0 Å². The number of rotatable bonds is 7.